The van der Waals surface area contributed by atoms with E-state index in [9.17, 15) is 20.1 Å². The summed E-state index contributed by atoms with van der Waals surface area (Å²) in [4.78, 5) is 12.2. The highest BCUT2D eigenvalue weighted by atomic mass is 16.3. The highest BCUT2D eigenvalue weighted by Gasteiger charge is 2.26. The first kappa shape index (κ1) is 36.1. The molecule has 5 nitrogen and oxygen atoms in total. The molecule has 0 aromatic rings. The van der Waals surface area contributed by atoms with Crippen molar-refractivity contribution in [1.82, 2.24) is 5.32 Å². The molecule has 0 heterocycles. The monoisotopic (exact) mass is 525 g/mol. The van der Waals surface area contributed by atoms with Crippen molar-refractivity contribution in [2.45, 2.75) is 180 Å². The van der Waals surface area contributed by atoms with E-state index in [4.69, 9.17) is 0 Å². The van der Waals surface area contributed by atoms with Crippen molar-refractivity contribution in [2.75, 3.05) is 6.61 Å². The Morgan fingerprint density at radius 1 is 0.649 bits per heavy atom. The van der Waals surface area contributed by atoms with Crippen LogP contribution in [0.2, 0.25) is 0 Å². The summed E-state index contributed by atoms with van der Waals surface area (Å²) in [6.07, 6.45) is 28.7. The molecular weight excluding hydrogens is 462 g/mol. The Hall–Kier alpha value is -0.910. The molecule has 0 aliphatic carbocycles. The lowest BCUT2D eigenvalue weighted by Crippen LogP contribution is -2.50. The standard InChI is InChI=1S/C32H63NO4/c1-3-5-7-9-11-13-15-17-18-20-22-24-26-30(35)32(37)29(28-34)33-31(36)27-25-23-21-19-16-14-12-10-8-6-4-2/h18,20,29-30,32,34-35,37H,3-17,19,21-28H2,1-2H3,(H,33,36)/b20-18+. The van der Waals surface area contributed by atoms with Crippen LogP contribution in [0.25, 0.3) is 0 Å². The fourth-order valence-electron chi connectivity index (χ4n) is 4.81. The lowest BCUT2D eigenvalue weighted by atomic mass is 10.0. The van der Waals surface area contributed by atoms with Crippen molar-refractivity contribution in [1.29, 1.82) is 0 Å². The van der Waals surface area contributed by atoms with Gasteiger partial charge in [0, 0.05) is 6.42 Å². The van der Waals surface area contributed by atoms with Crippen LogP contribution in [0.1, 0.15) is 162 Å². The minimum atomic E-state index is -1.15. The van der Waals surface area contributed by atoms with Gasteiger partial charge in [0.15, 0.2) is 0 Å². The van der Waals surface area contributed by atoms with Crippen molar-refractivity contribution in [3.8, 4) is 0 Å². The third-order valence-electron chi connectivity index (χ3n) is 7.37. The van der Waals surface area contributed by atoms with Crippen molar-refractivity contribution in [3.05, 3.63) is 12.2 Å². The van der Waals surface area contributed by atoms with Gasteiger partial charge in [0.2, 0.25) is 5.91 Å². The molecule has 0 aromatic heterocycles. The molecule has 0 radical (unpaired) electrons. The molecule has 0 spiro atoms. The number of nitrogens with one attached hydrogen (secondary N) is 1. The number of aliphatic hydroxyl groups excluding tert-OH is 3. The molecule has 0 saturated heterocycles. The van der Waals surface area contributed by atoms with Gasteiger partial charge in [-0.3, -0.25) is 4.79 Å². The fourth-order valence-corrected chi connectivity index (χ4v) is 4.81. The van der Waals surface area contributed by atoms with Crippen LogP contribution < -0.4 is 5.32 Å². The first-order valence-corrected chi connectivity index (χ1v) is 16.0. The average Bonchev–Trinajstić information content (AvgIpc) is 2.90. The number of rotatable bonds is 28. The second-order valence-corrected chi connectivity index (χ2v) is 11.0. The summed E-state index contributed by atoms with van der Waals surface area (Å²) in [6.45, 7) is 4.11. The van der Waals surface area contributed by atoms with E-state index >= 15 is 0 Å². The second kappa shape index (κ2) is 28.1. The summed E-state index contributed by atoms with van der Waals surface area (Å²) in [5.74, 6) is -0.158. The largest absolute Gasteiger partial charge is 0.394 e. The maximum absolute atomic E-state index is 12.2. The quantitative estimate of drug-likeness (QED) is 0.0621. The van der Waals surface area contributed by atoms with Crippen LogP contribution in [-0.2, 0) is 4.79 Å². The minimum absolute atomic E-state index is 0.158. The van der Waals surface area contributed by atoms with Crippen LogP contribution in [0.3, 0.4) is 0 Å². The van der Waals surface area contributed by atoms with Gasteiger partial charge in [-0.05, 0) is 38.5 Å². The number of amides is 1. The van der Waals surface area contributed by atoms with Crippen LogP contribution >= 0.6 is 0 Å². The Bertz CT molecular complexity index is 511. The zero-order valence-electron chi connectivity index (χ0n) is 24.6. The molecule has 3 atom stereocenters. The van der Waals surface area contributed by atoms with Gasteiger partial charge in [-0.2, -0.15) is 0 Å². The molecule has 3 unspecified atom stereocenters. The maximum atomic E-state index is 12.2. The van der Waals surface area contributed by atoms with Crippen molar-refractivity contribution in [2.24, 2.45) is 0 Å². The van der Waals surface area contributed by atoms with Gasteiger partial charge in [-0.1, -0.05) is 129 Å². The second-order valence-electron chi connectivity index (χ2n) is 11.0. The summed E-state index contributed by atoms with van der Waals surface area (Å²) >= 11 is 0. The highest BCUT2D eigenvalue weighted by molar-refractivity contribution is 5.76. The number of aliphatic hydroxyl groups is 3. The highest BCUT2D eigenvalue weighted by Crippen LogP contribution is 2.13. The Morgan fingerprint density at radius 2 is 1.08 bits per heavy atom. The molecule has 0 fully saturated rings. The fraction of sp³-hybridized carbons (Fsp3) is 0.906. The van der Waals surface area contributed by atoms with E-state index in [1.807, 2.05) is 0 Å². The van der Waals surface area contributed by atoms with E-state index in [-0.39, 0.29) is 12.5 Å². The number of carbonyl (C=O) groups is 1. The molecule has 0 rings (SSSR count). The van der Waals surface area contributed by atoms with Gasteiger partial charge in [-0.15, -0.1) is 0 Å². The normalized spacial score (nSPS) is 14.2. The van der Waals surface area contributed by atoms with Gasteiger partial charge in [0.05, 0.1) is 18.8 Å². The molecule has 37 heavy (non-hydrogen) atoms. The lowest BCUT2D eigenvalue weighted by molar-refractivity contribution is -0.124. The predicted molar refractivity (Wildman–Crippen MR) is 158 cm³/mol. The van der Waals surface area contributed by atoms with E-state index in [2.05, 4.69) is 31.3 Å². The number of hydrogen-bond acceptors (Lipinski definition) is 4. The van der Waals surface area contributed by atoms with Crippen molar-refractivity contribution in [3.63, 3.8) is 0 Å². The number of carbonyl (C=O) groups excluding carboxylic acids is 1. The van der Waals surface area contributed by atoms with Crippen LogP contribution in [0.4, 0.5) is 0 Å². The number of hydrogen-bond donors (Lipinski definition) is 4. The molecular formula is C32H63NO4. The Balaban J connectivity index is 3.80. The van der Waals surface area contributed by atoms with Gasteiger partial charge in [0.25, 0.3) is 0 Å². The predicted octanol–water partition coefficient (Wildman–Crippen LogP) is 7.75. The maximum Gasteiger partial charge on any atom is 0.220 e. The summed E-state index contributed by atoms with van der Waals surface area (Å²) in [7, 11) is 0. The smallest absolute Gasteiger partial charge is 0.220 e. The molecule has 1 amide bonds. The van der Waals surface area contributed by atoms with Crippen molar-refractivity contribution < 1.29 is 20.1 Å². The molecule has 0 bridgehead atoms. The Morgan fingerprint density at radius 3 is 1.57 bits per heavy atom. The molecule has 4 N–H and O–H groups in total. The summed E-state index contributed by atoms with van der Waals surface area (Å²) < 4.78 is 0. The number of unbranched alkanes of at least 4 members (excludes halogenated alkanes) is 18. The molecule has 0 aliphatic rings. The van der Waals surface area contributed by atoms with Gasteiger partial charge < -0.3 is 20.6 Å². The zero-order valence-corrected chi connectivity index (χ0v) is 24.6. The number of allylic oxidation sites excluding steroid dienone is 2. The molecule has 0 aliphatic heterocycles. The van der Waals surface area contributed by atoms with E-state index in [1.165, 1.54) is 96.3 Å². The topological polar surface area (TPSA) is 89.8 Å². The lowest BCUT2D eigenvalue weighted by Gasteiger charge is -2.26. The van der Waals surface area contributed by atoms with Gasteiger partial charge in [0.1, 0.15) is 6.10 Å². The van der Waals surface area contributed by atoms with Gasteiger partial charge >= 0.3 is 0 Å². The Kier molecular flexibility index (Phi) is 27.4. The van der Waals surface area contributed by atoms with Crippen molar-refractivity contribution >= 4 is 5.91 Å². The molecule has 0 aromatic carbocycles. The SMILES string of the molecule is CCCCCCCCC/C=C/CCCC(O)C(O)C(CO)NC(=O)CCCCCCCCCCCCC. The summed E-state index contributed by atoms with van der Waals surface area (Å²) in [5, 5.41) is 33.1. The molecule has 220 valence electrons. The van der Waals surface area contributed by atoms with Crippen LogP contribution in [0.15, 0.2) is 12.2 Å². The van der Waals surface area contributed by atoms with E-state index in [0.717, 1.165) is 38.5 Å². The Labute approximate surface area is 229 Å². The van der Waals surface area contributed by atoms with E-state index in [0.29, 0.717) is 12.8 Å². The van der Waals surface area contributed by atoms with E-state index in [1.54, 1.807) is 0 Å². The first-order valence-electron chi connectivity index (χ1n) is 16.0. The van der Waals surface area contributed by atoms with Gasteiger partial charge in [-0.25, -0.2) is 0 Å². The third-order valence-corrected chi connectivity index (χ3v) is 7.37. The van der Waals surface area contributed by atoms with Crippen LogP contribution in [-0.4, -0.2) is 46.1 Å². The van der Waals surface area contributed by atoms with Crippen LogP contribution in [0, 0.1) is 0 Å². The minimum Gasteiger partial charge on any atom is -0.394 e. The summed E-state index contributed by atoms with van der Waals surface area (Å²) in [6, 6.07) is -0.817. The summed E-state index contributed by atoms with van der Waals surface area (Å²) in [5.41, 5.74) is 0. The first-order chi connectivity index (χ1) is 18.1. The van der Waals surface area contributed by atoms with Crippen LogP contribution in [0.5, 0.6) is 0 Å². The zero-order chi connectivity index (χ0) is 27.4. The average molecular weight is 526 g/mol. The third kappa shape index (κ3) is 23.9. The molecule has 5 heteroatoms. The van der Waals surface area contributed by atoms with E-state index < -0.39 is 18.2 Å². The molecule has 0 saturated carbocycles.